The first-order valence-electron chi connectivity index (χ1n) is 8.34. The molecule has 0 spiro atoms. The second-order valence-electron chi connectivity index (χ2n) is 5.72. The average molecular weight is 340 g/mol. The minimum absolute atomic E-state index is 0.0362. The number of pyridine rings is 1. The zero-order chi connectivity index (χ0) is 17.6. The number of rotatable bonds is 6. The second kappa shape index (κ2) is 7.79. The summed E-state index contributed by atoms with van der Waals surface area (Å²) < 4.78 is 10.9. The van der Waals surface area contributed by atoms with E-state index in [0.29, 0.717) is 24.3 Å². The van der Waals surface area contributed by atoms with E-state index < -0.39 is 5.97 Å². The van der Waals surface area contributed by atoms with E-state index in [4.69, 9.17) is 9.47 Å². The van der Waals surface area contributed by atoms with Crippen LogP contribution in [-0.2, 0) is 22.4 Å². The van der Waals surface area contributed by atoms with Gasteiger partial charge in [-0.3, -0.25) is 4.79 Å². The zero-order valence-corrected chi connectivity index (χ0v) is 14.1. The summed E-state index contributed by atoms with van der Waals surface area (Å²) in [6.07, 6.45) is 3.49. The van der Waals surface area contributed by atoms with Crippen LogP contribution in [0, 0.1) is 0 Å². The van der Waals surface area contributed by atoms with Crippen molar-refractivity contribution in [1.82, 2.24) is 4.98 Å². The number of aryl methyl sites for hydroxylation is 2. The lowest BCUT2D eigenvalue weighted by atomic mass is 10.0. The molecule has 0 fully saturated rings. The molecule has 0 atom stereocenters. The first-order valence-corrected chi connectivity index (χ1v) is 8.34. The van der Waals surface area contributed by atoms with Crippen molar-refractivity contribution in [3.05, 3.63) is 53.3 Å². The van der Waals surface area contributed by atoms with Crippen molar-refractivity contribution >= 4 is 17.6 Å². The van der Waals surface area contributed by atoms with E-state index in [-0.39, 0.29) is 19.1 Å². The Morgan fingerprint density at radius 1 is 1.24 bits per heavy atom. The molecule has 130 valence electrons. The Hall–Kier alpha value is -2.89. The number of amides is 1. The SMILES string of the molecule is CCc1cccnc1C(=O)OCCOc1ccc2c(c1)CCC(=O)N2. The van der Waals surface area contributed by atoms with Gasteiger partial charge in [0.1, 0.15) is 19.0 Å². The van der Waals surface area contributed by atoms with Crippen molar-refractivity contribution in [2.24, 2.45) is 0 Å². The molecule has 1 N–H and O–H groups in total. The van der Waals surface area contributed by atoms with Crippen LogP contribution in [0.3, 0.4) is 0 Å². The van der Waals surface area contributed by atoms with Crippen molar-refractivity contribution in [1.29, 1.82) is 0 Å². The first kappa shape index (κ1) is 17.0. The second-order valence-corrected chi connectivity index (χ2v) is 5.72. The summed E-state index contributed by atoms with van der Waals surface area (Å²) in [7, 11) is 0. The summed E-state index contributed by atoms with van der Waals surface area (Å²) >= 11 is 0. The number of aromatic nitrogens is 1. The van der Waals surface area contributed by atoms with Crippen LogP contribution in [0.5, 0.6) is 5.75 Å². The van der Waals surface area contributed by atoms with Crippen LogP contribution in [0.1, 0.15) is 35.0 Å². The number of hydrogen-bond donors (Lipinski definition) is 1. The molecular formula is C19H20N2O4. The van der Waals surface area contributed by atoms with Crippen LogP contribution in [0.4, 0.5) is 5.69 Å². The predicted molar refractivity (Wildman–Crippen MR) is 92.8 cm³/mol. The number of nitrogens with one attached hydrogen (secondary N) is 1. The van der Waals surface area contributed by atoms with E-state index in [2.05, 4.69) is 10.3 Å². The van der Waals surface area contributed by atoms with E-state index in [9.17, 15) is 9.59 Å². The lowest BCUT2D eigenvalue weighted by molar-refractivity contribution is -0.116. The van der Waals surface area contributed by atoms with Crippen molar-refractivity contribution in [2.45, 2.75) is 26.2 Å². The molecule has 0 saturated heterocycles. The lowest BCUT2D eigenvalue weighted by Crippen LogP contribution is -2.19. The Labute approximate surface area is 146 Å². The van der Waals surface area contributed by atoms with E-state index in [1.807, 2.05) is 25.1 Å². The standard InChI is InChI=1S/C19H20N2O4/c1-2-13-4-3-9-20-18(13)19(23)25-11-10-24-15-6-7-16-14(12-15)5-8-17(22)21-16/h3-4,6-7,9,12H,2,5,8,10-11H2,1H3,(H,21,22). The maximum Gasteiger partial charge on any atom is 0.357 e. The molecule has 1 amide bonds. The van der Waals surface area contributed by atoms with Gasteiger partial charge < -0.3 is 14.8 Å². The van der Waals surface area contributed by atoms with Gasteiger partial charge in [-0.2, -0.15) is 0 Å². The third-order valence-corrected chi connectivity index (χ3v) is 4.02. The number of carbonyl (C=O) groups is 2. The van der Waals surface area contributed by atoms with Gasteiger partial charge in [-0.15, -0.1) is 0 Å². The van der Waals surface area contributed by atoms with Gasteiger partial charge in [-0.1, -0.05) is 13.0 Å². The molecule has 0 bridgehead atoms. The highest BCUT2D eigenvalue weighted by Crippen LogP contribution is 2.26. The van der Waals surface area contributed by atoms with E-state index in [0.717, 1.165) is 23.2 Å². The Morgan fingerprint density at radius 2 is 2.12 bits per heavy atom. The molecule has 2 aromatic rings. The van der Waals surface area contributed by atoms with Crippen LogP contribution >= 0.6 is 0 Å². The predicted octanol–water partition coefficient (Wildman–Crippen LogP) is 2.76. The fraction of sp³-hybridized carbons (Fsp3) is 0.316. The van der Waals surface area contributed by atoms with Gasteiger partial charge in [0.05, 0.1) is 0 Å². The minimum Gasteiger partial charge on any atom is -0.490 e. The highest BCUT2D eigenvalue weighted by Gasteiger charge is 2.15. The monoisotopic (exact) mass is 340 g/mol. The maximum absolute atomic E-state index is 12.1. The van der Waals surface area contributed by atoms with Gasteiger partial charge in [0.25, 0.3) is 0 Å². The lowest BCUT2D eigenvalue weighted by Gasteiger charge is -2.17. The highest BCUT2D eigenvalue weighted by atomic mass is 16.6. The van der Waals surface area contributed by atoms with Crippen molar-refractivity contribution in [3.8, 4) is 5.75 Å². The Kier molecular flexibility index (Phi) is 5.28. The molecule has 6 heteroatoms. The Bertz CT molecular complexity index is 789. The number of fused-ring (bicyclic) bond motifs is 1. The minimum atomic E-state index is -0.436. The summed E-state index contributed by atoms with van der Waals surface area (Å²) in [6, 6.07) is 9.20. The molecule has 0 aliphatic carbocycles. The van der Waals surface area contributed by atoms with E-state index >= 15 is 0 Å². The normalized spacial score (nSPS) is 12.9. The first-order chi connectivity index (χ1) is 12.2. The van der Waals surface area contributed by atoms with Crippen molar-refractivity contribution in [3.63, 3.8) is 0 Å². The number of anilines is 1. The summed E-state index contributed by atoms with van der Waals surface area (Å²) in [5.74, 6) is 0.293. The van der Waals surface area contributed by atoms with Gasteiger partial charge in [-0.25, -0.2) is 9.78 Å². The fourth-order valence-corrected chi connectivity index (χ4v) is 2.72. The van der Waals surface area contributed by atoms with Gasteiger partial charge in [0.15, 0.2) is 5.69 Å². The third-order valence-electron chi connectivity index (χ3n) is 4.02. The van der Waals surface area contributed by atoms with Gasteiger partial charge >= 0.3 is 5.97 Å². The van der Waals surface area contributed by atoms with Crippen molar-refractivity contribution < 1.29 is 19.1 Å². The number of nitrogens with zero attached hydrogens (tertiary/aromatic N) is 1. The van der Waals surface area contributed by atoms with E-state index in [1.165, 1.54) is 0 Å². The number of carbonyl (C=O) groups excluding carboxylic acids is 2. The number of benzene rings is 1. The molecular weight excluding hydrogens is 320 g/mol. The van der Waals surface area contributed by atoms with Gasteiger partial charge in [-0.05, 0) is 48.2 Å². The number of ether oxygens (including phenoxy) is 2. The summed E-state index contributed by atoms with van der Waals surface area (Å²) in [5, 5.41) is 2.83. The van der Waals surface area contributed by atoms with E-state index in [1.54, 1.807) is 18.3 Å². The molecule has 6 nitrogen and oxygen atoms in total. The molecule has 1 aromatic carbocycles. The van der Waals surface area contributed by atoms with Crippen molar-refractivity contribution in [2.75, 3.05) is 18.5 Å². The summed E-state index contributed by atoms with van der Waals surface area (Å²) in [5.41, 5.74) is 3.10. The highest BCUT2D eigenvalue weighted by molar-refractivity contribution is 5.94. The van der Waals surface area contributed by atoms with Crippen LogP contribution in [0.25, 0.3) is 0 Å². The zero-order valence-electron chi connectivity index (χ0n) is 14.1. The number of hydrogen-bond acceptors (Lipinski definition) is 5. The molecule has 3 rings (SSSR count). The largest absolute Gasteiger partial charge is 0.490 e. The summed E-state index contributed by atoms with van der Waals surface area (Å²) in [4.78, 5) is 27.5. The molecule has 1 aromatic heterocycles. The fourth-order valence-electron chi connectivity index (χ4n) is 2.72. The molecule has 2 heterocycles. The Morgan fingerprint density at radius 3 is 2.96 bits per heavy atom. The topological polar surface area (TPSA) is 77.5 Å². The van der Waals surface area contributed by atoms with Crippen LogP contribution in [-0.4, -0.2) is 30.1 Å². The molecule has 1 aliphatic heterocycles. The van der Waals surface area contributed by atoms with Crippen LogP contribution in [0.2, 0.25) is 0 Å². The maximum atomic E-state index is 12.1. The smallest absolute Gasteiger partial charge is 0.357 e. The molecule has 25 heavy (non-hydrogen) atoms. The summed E-state index contributed by atoms with van der Waals surface area (Å²) in [6.45, 7) is 2.37. The van der Waals surface area contributed by atoms with Crippen LogP contribution in [0.15, 0.2) is 36.5 Å². The number of esters is 1. The molecule has 1 aliphatic rings. The van der Waals surface area contributed by atoms with Crippen LogP contribution < -0.4 is 10.1 Å². The molecule has 0 saturated carbocycles. The third kappa shape index (κ3) is 4.15. The van der Waals surface area contributed by atoms with Gasteiger partial charge in [0.2, 0.25) is 5.91 Å². The molecule has 0 radical (unpaired) electrons. The average Bonchev–Trinajstić information content (AvgIpc) is 2.65. The Balaban J connectivity index is 1.50. The quantitative estimate of drug-likeness (QED) is 0.646. The van der Waals surface area contributed by atoms with Gasteiger partial charge in [0, 0.05) is 18.3 Å². The molecule has 0 unspecified atom stereocenters.